The quantitative estimate of drug-likeness (QED) is 0.353. The van der Waals surface area contributed by atoms with E-state index in [1.54, 1.807) is 4.90 Å². The Balaban J connectivity index is 1.23. The predicted molar refractivity (Wildman–Crippen MR) is 160 cm³/mol. The lowest BCUT2D eigenvalue weighted by molar-refractivity contribution is 0.0787. The first-order chi connectivity index (χ1) is 20.3. The summed E-state index contributed by atoms with van der Waals surface area (Å²) in [5.41, 5.74) is 0.484. The number of hydrogen-bond acceptors (Lipinski definition) is 9. The predicted octanol–water partition coefficient (Wildman–Crippen LogP) is 4.08. The smallest absolute Gasteiger partial charge is 0.256 e. The maximum Gasteiger partial charge on any atom is 0.256 e. The third kappa shape index (κ3) is 5.88. The number of aryl methyl sites for hydroxylation is 1. The average Bonchev–Trinajstić information content (AvgIpc) is 3.49. The molecule has 224 valence electrons. The number of likely N-dealkylation sites (tertiary alicyclic amines) is 1. The monoisotopic (exact) mass is 597 g/mol. The summed E-state index contributed by atoms with van der Waals surface area (Å²) < 4.78 is 22.1. The van der Waals surface area contributed by atoms with Crippen LogP contribution in [0.5, 0.6) is 0 Å². The summed E-state index contributed by atoms with van der Waals surface area (Å²) in [4.78, 5) is 29.1. The van der Waals surface area contributed by atoms with Crippen LogP contribution < -0.4 is 15.5 Å². The van der Waals surface area contributed by atoms with Crippen molar-refractivity contribution in [2.45, 2.75) is 45.4 Å². The van der Waals surface area contributed by atoms with Gasteiger partial charge in [-0.15, -0.1) is 0 Å². The fraction of sp³-hybridized carbons (Fsp3) is 0.517. The van der Waals surface area contributed by atoms with Gasteiger partial charge in [0, 0.05) is 62.5 Å². The van der Waals surface area contributed by atoms with Gasteiger partial charge in [-0.3, -0.25) is 4.79 Å². The maximum atomic E-state index is 14.4. The van der Waals surface area contributed by atoms with Gasteiger partial charge in [-0.25, -0.2) is 9.07 Å². The molecule has 2 N–H and O–H groups in total. The zero-order valence-electron chi connectivity index (χ0n) is 24.2. The second-order valence-electron chi connectivity index (χ2n) is 11.2. The number of nitrogens with one attached hydrogen (secondary N) is 2. The number of nitrogens with zero attached hydrogens (tertiary/aromatic N) is 7. The number of piperazine rings is 1. The zero-order chi connectivity index (χ0) is 29.4. The number of rotatable bonds is 9. The van der Waals surface area contributed by atoms with Crippen molar-refractivity contribution in [2.75, 3.05) is 68.0 Å². The van der Waals surface area contributed by atoms with E-state index in [-0.39, 0.29) is 22.5 Å². The van der Waals surface area contributed by atoms with E-state index < -0.39 is 11.5 Å². The summed E-state index contributed by atoms with van der Waals surface area (Å²) in [5, 5.41) is 11.9. The molecule has 2 atom stereocenters. The normalized spacial score (nSPS) is 22.5. The van der Waals surface area contributed by atoms with Gasteiger partial charge >= 0.3 is 0 Å². The van der Waals surface area contributed by atoms with Crippen molar-refractivity contribution in [2.24, 2.45) is 0 Å². The molecule has 0 radical (unpaired) electrons. The summed E-state index contributed by atoms with van der Waals surface area (Å²) in [5.74, 6) is 1.78. The number of halogens is 2. The van der Waals surface area contributed by atoms with Gasteiger partial charge in [-0.1, -0.05) is 25.4 Å². The first-order valence-electron chi connectivity index (χ1n) is 14.6. The fourth-order valence-corrected chi connectivity index (χ4v) is 5.85. The van der Waals surface area contributed by atoms with Crippen LogP contribution in [0.25, 0.3) is 0 Å². The molecule has 42 heavy (non-hydrogen) atoms. The number of amides is 1. The molecule has 3 aromatic rings. The third-order valence-corrected chi connectivity index (χ3v) is 8.57. The fourth-order valence-electron chi connectivity index (χ4n) is 5.69. The Hall–Kier alpha value is -3.48. The molecule has 6 rings (SSSR count). The van der Waals surface area contributed by atoms with Crippen molar-refractivity contribution >= 4 is 40.9 Å². The molecule has 3 fully saturated rings. The van der Waals surface area contributed by atoms with Gasteiger partial charge in [0.15, 0.2) is 5.72 Å². The van der Waals surface area contributed by atoms with Gasteiger partial charge in [0.25, 0.3) is 5.91 Å². The number of carbonyl (C=O) groups excluding carboxylic acids is 1. The molecule has 0 saturated carbocycles. The van der Waals surface area contributed by atoms with Crippen LogP contribution in [0, 0.1) is 12.7 Å². The van der Waals surface area contributed by atoms with Crippen LogP contribution in [0.2, 0.25) is 5.02 Å². The Kier molecular flexibility index (Phi) is 7.95. The first-order valence-corrected chi connectivity index (χ1v) is 15.0. The summed E-state index contributed by atoms with van der Waals surface area (Å²) in [7, 11) is 0. The number of ether oxygens (including phenoxy) is 1. The highest BCUT2D eigenvalue weighted by atomic mass is 35.5. The second kappa shape index (κ2) is 11.7. The lowest BCUT2D eigenvalue weighted by Crippen LogP contribution is -2.46. The molecule has 3 aliphatic rings. The number of carbonyl (C=O) groups is 1. The summed E-state index contributed by atoms with van der Waals surface area (Å²) in [6, 6.07) is 8.01. The van der Waals surface area contributed by atoms with Crippen molar-refractivity contribution < 1.29 is 13.9 Å². The van der Waals surface area contributed by atoms with Crippen molar-refractivity contribution in [1.29, 1.82) is 0 Å². The highest BCUT2D eigenvalue weighted by molar-refractivity contribution is 6.30. The Morgan fingerprint density at radius 1 is 1.14 bits per heavy atom. The van der Waals surface area contributed by atoms with E-state index in [0.717, 1.165) is 56.5 Å². The number of likely N-dealkylation sites (N-methyl/N-ethyl adjacent to an activating group) is 1. The van der Waals surface area contributed by atoms with E-state index in [1.165, 1.54) is 18.2 Å². The average molecular weight is 598 g/mol. The number of aromatic nitrogens is 4. The SMILES string of the molecule is CCN1CCN(c2cc(Nc3cc(C)nn3C3(CC)CO3)nc(N[C@H]3CCN(C(=O)c4ccc(Cl)cc4F)C3)n2)CC1. The van der Waals surface area contributed by atoms with Crippen molar-refractivity contribution in [3.05, 3.63) is 52.4 Å². The molecule has 13 heteroatoms. The molecule has 1 unspecified atom stereocenters. The van der Waals surface area contributed by atoms with Crippen LogP contribution in [0.1, 0.15) is 42.7 Å². The highest BCUT2D eigenvalue weighted by Gasteiger charge is 2.47. The minimum absolute atomic E-state index is 0.0207. The molecule has 5 heterocycles. The Labute approximate surface area is 250 Å². The molecule has 11 nitrogen and oxygen atoms in total. The minimum atomic E-state index is -0.616. The van der Waals surface area contributed by atoms with E-state index in [1.807, 2.05) is 23.7 Å². The maximum absolute atomic E-state index is 14.4. The number of epoxide rings is 1. The highest BCUT2D eigenvalue weighted by Crippen LogP contribution is 2.39. The van der Waals surface area contributed by atoms with E-state index in [0.29, 0.717) is 37.9 Å². The third-order valence-electron chi connectivity index (χ3n) is 8.33. The zero-order valence-corrected chi connectivity index (χ0v) is 25.0. The number of benzene rings is 1. The van der Waals surface area contributed by atoms with E-state index >= 15 is 0 Å². The van der Waals surface area contributed by atoms with Crippen molar-refractivity contribution in [1.82, 2.24) is 29.5 Å². The van der Waals surface area contributed by atoms with E-state index in [9.17, 15) is 9.18 Å². The van der Waals surface area contributed by atoms with Gasteiger partial charge in [0.2, 0.25) is 5.95 Å². The molecule has 3 aliphatic heterocycles. The van der Waals surface area contributed by atoms with Crippen LogP contribution in [-0.4, -0.2) is 93.9 Å². The molecule has 2 aromatic heterocycles. The standard InChI is InChI=1S/C29H37ClFN9O2/c1-4-29(18-42-29)40-26(14-19(3)36-40)33-24-16-25(38-12-10-37(5-2)11-13-38)35-28(34-24)32-21-8-9-39(17-21)27(41)22-7-6-20(30)15-23(22)31/h6-7,14-16,21H,4-5,8-13,17-18H2,1-3H3,(H2,32,33,34,35)/t21-,29?/m0/s1. The second-order valence-corrected chi connectivity index (χ2v) is 11.6. The molecular weight excluding hydrogens is 561 g/mol. The molecule has 1 aromatic carbocycles. The van der Waals surface area contributed by atoms with Gasteiger partial charge < -0.3 is 30.1 Å². The van der Waals surface area contributed by atoms with Crippen LogP contribution in [0.4, 0.5) is 27.8 Å². The Morgan fingerprint density at radius 2 is 1.93 bits per heavy atom. The molecule has 0 spiro atoms. The Bertz CT molecular complexity index is 1450. The largest absolute Gasteiger partial charge is 0.354 e. The topological polar surface area (TPSA) is 107 Å². The minimum Gasteiger partial charge on any atom is -0.354 e. The Morgan fingerprint density at radius 3 is 2.62 bits per heavy atom. The van der Waals surface area contributed by atoms with E-state index in [2.05, 4.69) is 34.3 Å². The van der Waals surface area contributed by atoms with Crippen LogP contribution in [0.15, 0.2) is 30.3 Å². The van der Waals surface area contributed by atoms with Gasteiger partial charge in [-0.2, -0.15) is 15.1 Å². The lowest BCUT2D eigenvalue weighted by Gasteiger charge is -2.35. The summed E-state index contributed by atoms with van der Waals surface area (Å²) in [6.07, 6.45) is 1.50. The number of hydrogen-bond donors (Lipinski definition) is 2. The molecule has 0 aliphatic carbocycles. The molecule has 0 bridgehead atoms. The molecule has 3 saturated heterocycles. The lowest BCUT2D eigenvalue weighted by atomic mass is 10.2. The van der Waals surface area contributed by atoms with Crippen LogP contribution in [-0.2, 0) is 10.5 Å². The van der Waals surface area contributed by atoms with Gasteiger partial charge in [0.05, 0.1) is 17.9 Å². The molecule has 1 amide bonds. The molecular formula is C29H37ClFN9O2. The van der Waals surface area contributed by atoms with Crippen molar-refractivity contribution in [3.8, 4) is 0 Å². The van der Waals surface area contributed by atoms with Crippen LogP contribution in [0.3, 0.4) is 0 Å². The van der Waals surface area contributed by atoms with E-state index in [4.69, 9.17) is 31.4 Å². The van der Waals surface area contributed by atoms with Crippen molar-refractivity contribution in [3.63, 3.8) is 0 Å². The number of anilines is 4. The van der Waals surface area contributed by atoms with Gasteiger partial charge in [-0.05, 0) is 44.5 Å². The van der Waals surface area contributed by atoms with Crippen LogP contribution >= 0.6 is 11.6 Å². The first kappa shape index (κ1) is 28.6. The summed E-state index contributed by atoms with van der Waals surface area (Å²) in [6.45, 7) is 12.5. The van der Waals surface area contributed by atoms with Gasteiger partial charge in [0.1, 0.15) is 23.3 Å². The summed E-state index contributed by atoms with van der Waals surface area (Å²) >= 11 is 5.87.